The molecule has 1 heterocycles. The molecule has 1 atom stereocenters. The fourth-order valence-electron chi connectivity index (χ4n) is 5.33. The Labute approximate surface area is 250 Å². The zero-order chi connectivity index (χ0) is 31.0. The van der Waals surface area contributed by atoms with Crippen LogP contribution in [0.5, 0.6) is 0 Å². The second-order valence-corrected chi connectivity index (χ2v) is 10.6. The summed E-state index contributed by atoms with van der Waals surface area (Å²) < 4.78 is 41.3. The molecule has 0 aliphatic rings. The molecule has 0 bridgehead atoms. The number of carboxylic acid groups (broad SMARTS) is 1. The summed E-state index contributed by atoms with van der Waals surface area (Å²) in [5.74, 6) is -1.45. The van der Waals surface area contributed by atoms with E-state index in [-0.39, 0.29) is 5.56 Å². The maximum atomic E-state index is 13.9. The molecule has 2 N–H and O–H groups in total. The van der Waals surface area contributed by atoms with E-state index < -0.39 is 29.7 Å². The van der Waals surface area contributed by atoms with Crippen LogP contribution in [0, 0.1) is 0 Å². The molecule has 6 nitrogen and oxygen atoms in total. The van der Waals surface area contributed by atoms with Gasteiger partial charge in [-0.15, -0.1) is 0 Å². The lowest BCUT2D eigenvalue weighted by atomic mass is 9.98. The van der Waals surface area contributed by atoms with E-state index in [1.54, 1.807) is 36.0 Å². The molecular weight excluding hydrogens is 567 g/mol. The molecule has 0 fully saturated rings. The smallest absolute Gasteiger partial charge is 0.416 e. The van der Waals surface area contributed by atoms with Crippen molar-refractivity contribution < 1.29 is 27.9 Å². The van der Waals surface area contributed by atoms with Crippen LogP contribution in [0.25, 0.3) is 32.8 Å². The highest BCUT2D eigenvalue weighted by Crippen LogP contribution is 2.33. The Bertz CT molecular complexity index is 2010. The zero-order valence-electron chi connectivity index (χ0n) is 23.5. The molecule has 6 aromatic rings. The Kier molecular flexibility index (Phi) is 7.38. The monoisotopic (exact) mass is 593 g/mol. The second kappa shape index (κ2) is 11.3. The summed E-state index contributed by atoms with van der Waals surface area (Å²) in [6.07, 6.45) is -2.81. The lowest BCUT2D eigenvalue weighted by molar-refractivity contribution is -0.137. The number of hydrogen-bond donors (Lipinski definition) is 2. The van der Waals surface area contributed by atoms with E-state index >= 15 is 0 Å². The first-order valence-electron chi connectivity index (χ1n) is 13.9. The van der Waals surface area contributed by atoms with Gasteiger partial charge in [0.25, 0.3) is 5.91 Å². The van der Waals surface area contributed by atoms with Gasteiger partial charge in [-0.3, -0.25) is 9.48 Å². The van der Waals surface area contributed by atoms with Crippen LogP contribution in [0.3, 0.4) is 0 Å². The van der Waals surface area contributed by atoms with Gasteiger partial charge in [0.2, 0.25) is 0 Å². The fourth-order valence-corrected chi connectivity index (χ4v) is 5.33. The molecule has 0 saturated carbocycles. The molecule has 220 valence electrons. The quantitative estimate of drug-likeness (QED) is 0.196. The van der Waals surface area contributed by atoms with Gasteiger partial charge in [-0.1, -0.05) is 60.7 Å². The third-order valence-electron chi connectivity index (χ3n) is 7.68. The molecule has 1 aromatic heterocycles. The van der Waals surface area contributed by atoms with Crippen LogP contribution in [0.4, 0.5) is 13.2 Å². The van der Waals surface area contributed by atoms with Crippen molar-refractivity contribution in [3.05, 3.63) is 137 Å². The molecule has 44 heavy (non-hydrogen) atoms. The van der Waals surface area contributed by atoms with Gasteiger partial charge >= 0.3 is 12.1 Å². The van der Waals surface area contributed by atoms with Crippen LogP contribution in [0.15, 0.2) is 109 Å². The van der Waals surface area contributed by atoms with E-state index in [0.29, 0.717) is 39.7 Å². The number of halogens is 3. The minimum atomic E-state index is -4.46. The predicted molar refractivity (Wildman–Crippen MR) is 163 cm³/mol. The minimum Gasteiger partial charge on any atom is -0.478 e. The number of carboxylic acids is 1. The summed E-state index contributed by atoms with van der Waals surface area (Å²) in [5, 5.41) is 19.6. The van der Waals surface area contributed by atoms with Crippen LogP contribution in [0.2, 0.25) is 0 Å². The average molecular weight is 594 g/mol. The SMILES string of the molecule is C[C@H](NC(=O)c1cc(-c2ccc(C(F)(F)F)cc2)cc2cnn(Cc3ccc4ccccc4c3)c12)c1ccc(C(=O)O)cc1. The third-order valence-corrected chi connectivity index (χ3v) is 7.68. The van der Waals surface area contributed by atoms with Crippen LogP contribution in [-0.2, 0) is 12.7 Å². The molecule has 0 aliphatic carbocycles. The standard InChI is InChI=1S/C35H26F3N3O3/c1-21(23-8-10-26(11-9-23)34(43)44)40-33(42)31-18-28(25-12-14-30(15-13-25)35(36,37)38)17-29-19-39-41(32(29)31)20-22-6-7-24-4-2-3-5-27(24)16-22/h2-19,21H,20H2,1H3,(H,40,42)(H,43,44)/t21-/m0/s1. The number of fused-ring (bicyclic) bond motifs is 2. The van der Waals surface area contributed by atoms with Crippen molar-refractivity contribution in [2.45, 2.75) is 25.7 Å². The topological polar surface area (TPSA) is 84.2 Å². The summed E-state index contributed by atoms with van der Waals surface area (Å²) in [6, 6.07) is 28.2. The number of carbonyl (C=O) groups is 2. The number of benzene rings is 5. The summed E-state index contributed by atoms with van der Waals surface area (Å²) >= 11 is 0. The Morgan fingerprint density at radius 2 is 1.55 bits per heavy atom. The first-order valence-corrected chi connectivity index (χ1v) is 13.9. The average Bonchev–Trinajstić information content (AvgIpc) is 3.42. The number of nitrogens with zero attached hydrogens (tertiary/aromatic N) is 2. The molecule has 9 heteroatoms. The lowest BCUT2D eigenvalue weighted by Gasteiger charge is -2.17. The number of carbonyl (C=O) groups excluding carboxylic acids is 1. The summed E-state index contributed by atoms with van der Waals surface area (Å²) in [7, 11) is 0. The number of nitrogens with one attached hydrogen (secondary N) is 1. The van der Waals surface area contributed by atoms with E-state index in [4.69, 9.17) is 0 Å². The second-order valence-electron chi connectivity index (χ2n) is 10.6. The maximum absolute atomic E-state index is 13.9. The number of rotatable bonds is 7. The van der Waals surface area contributed by atoms with E-state index in [2.05, 4.69) is 16.5 Å². The van der Waals surface area contributed by atoms with E-state index in [1.807, 2.05) is 42.5 Å². The minimum absolute atomic E-state index is 0.135. The molecule has 0 spiro atoms. The number of aromatic carboxylic acids is 1. The highest BCUT2D eigenvalue weighted by Gasteiger charge is 2.30. The van der Waals surface area contributed by atoms with Gasteiger partial charge in [0.1, 0.15) is 0 Å². The Hall–Kier alpha value is -5.44. The number of alkyl halides is 3. The van der Waals surface area contributed by atoms with Crippen LogP contribution >= 0.6 is 0 Å². The van der Waals surface area contributed by atoms with E-state index in [9.17, 15) is 27.9 Å². The van der Waals surface area contributed by atoms with Gasteiger partial charge in [-0.2, -0.15) is 18.3 Å². The van der Waals surface area contributed by atoms with Gasteiger partial charge in [-0.05, 0) is 82.4 Å². The van der Waals surface area contributed by atoms with Crippen LogP contribution in [-0.4, -0.2) is 26.8 Å². The summed E-state index contributed by atoms with van der Waals surface area (Å²) in [5.41, 5.74) is 3.06. The molecule has 0 radical (unpaired) electrons. The molecule has 1 amide bonds. The number of hydrogen-bond acceptors (Lipinski definition) is 3. The Morgan fingerprint density at radius 1 is 0.841 bits per heavy atom. The zero-order valence-corrected chi connectivity index (χ0v) is 23.5. The fraction of sp³-hybridized carbons (Fsp3) is 0.114. The van der Waals surface area contributed by atoms with Crippen molar-refractivity contribution in [1.29, 1.82) is 0 Å². The summed E-state index contributed by atoms with van der Waals surface area (Å²) in [6.45, 7) is 2.18. The van der Waals surface area contributed by atoms with Gasteiger partial charge < -0.3 is 10.4 Å². The van der Waals surface area contributed by atoms with Gasteiger partial charge in [0.15, 0.2) is 0 Å². The van der Waals surface area contributed by atoms with Crippen molar-refractivity contribution in [3.63, 3.8) is 0 Å². The Morgan fingerprint density at radius 3 is 2.23 bits per heavy atom. The van der Waals surface area contributed by atoms with Gasteiger partial charge in [0.05, 0.1) is 41.0 Å². The molecule has 0 saturated heterocycles. The number of amides is 1. The molecular formula is C35H26F3N3O3. The molecule has 0 unspecified atom stereocenters. The highest BCUT2D eigenvalue weighted by atomic mass is 19.4. The van der Waals surface area contributed by atoms with Gasteiger partial charge in [0, 0.05) is 5.39 Å². The molecule has 6 rings (SSSR count). The van der Waals surface area contributed by atoms with Gasteiger partial charge in [-0.25, -0.2) is 4.79 Å². The molecule has 5 aromatic carbocycles. The first kappa shape index (κ1) is 28.7. The van der Waals surface area contributed by atoms with E-state index in [0.717, 1.165) is 28.5 Å². The molecule has 0 aliphatic heterocycles. The van der Waals surface area contributed by atoms with Crippen LogP contribution < -0.4 is 5.32 Å². The third kappa shape index (κ3) is 5.76. The lowest BCUT2D eigenvalue weighted by Crippen LogP contribution is -2.27. The first-order chi connectivity index (χ1) is 21.1. The van der Waals surface area contributed by atoms with Crippen molar-refractivity contribution in [1.82, 2.24) is 15.1 Å². The van der Waals surface area contributed by atoms with Crippen molar-refractivity contribution in [3.8, 4) is 11.1 Å². The number of aromatic nitrogens is 2. The highest BCUT2D eigenvalue weighted by molar-refractivity contribution is 6.07. The van der Waals surface area contributed by atoms with Crippen molar-refractivity contribution in [2.24, 2.45) is 0 Å². The van der Waals surface area contributed by atoms with E-state index in [1.165, 1.54) is 24.3 Å². The van der Waals surface area contributed by atoms with Crippen molar-refractivity contribution in [2.75, 3.05) is 0 Å². The van der Waals surface area contributed by atoms with Crippen molar-refractivity contribution >= 4 is 33.6 Å². The van der Waals surface area contributed by atoms with Crippen LogP contribution in [0.1, 0.15) is 50.4 Å². The maximum Gasteiger partial charge on any atom is 0.416 e. The summed E-state index contributed by atoms with van der Waals surface area (Å²) in [4.78, 5) is 25.1. The predicted octanol–water partition coefficient (Wildman–Crippen LogP) is 8.11. The Balaban J connectivity index is 1.40. The normalized spacial score (nSPS) is 12.4. The largest absolute Gasteiger partial charge is 0.478 e.